The van der Waals surface area contributed by atoms with Crippen molar-refractivity contribution in [3.63, 3.8) is 0 Å². The lowest BCUT2D eigenvalue weighted by molar-refractivity contribution is 0.622. The fourth-order valence-corrected chi connectivity index (χ4v) is 1.29. The van der Waals surface area contributed by atoms with Crippen LogP contribution in [-0.4, -0.2) is 0 Å². The van der Waals surface area contributed by atoms with Crippen LogP contribution in [0.3, 0.4) is 0 Å². The summed E-state index contributed by atoms with van der Waals surface area (Å²) < 4.78 is 0. The molecule has 0 amide bonds. The van der Waals surface area contributed by atoms with Gasteiger partial charge in [-0.25, -0.2) is 0 Å². The molecule has 0 aromatic heterocycles. The van der Waals surface area contributed by atoms with E-state index in [0.717, 1.165) is 5.92 Å². The van der Waals surface area contributed by atoms with E-state index in [-0.39, 0.29) is 0 Å². The zero-order valence-electron chi connectivity index (χ0n) is 6.93. The zero-order valence-corrected chi connectivity index (χ0v) is 6.93. The van der Waals surface area contributed by atoms with Gasteiger partial charge in [0.2, 0.25) is 0 Å². The molecule has 0 unspecified atom stereocenters. The summed E-state index contributed by atoms with van der Waals surface area (Å²) in [4.78, 5) is 0. The third-order valence-corrected chi connectivity index (χ3v) is 2.29. The van der Waals surface area contributed by atoms with E-state index >= 15 is 0 Å². The average Bonchev–Trinajstić information content (AvgIpc) is 2.05. The molecule has 1 atom stereocenters. The summed E-state index contributed by atoms with van der Waals surface area (Å²) in [5, 5.41) is 0. The molecule has 0 nitrogen and oxygen atoms in total. The topological polar surface area (TPSA) is 0 Å². The first-order chi connectivity index (χ1) is 4.84. The largest absolute Gasteiger partial charge is 0.0842 e. The third-order valence-electron chi connectivity index (χ3n) is 2.29. The molecule has 1 aliphatic rings. The molecule has 0 saturated heterocycles. The third kappa shape index (κ3) is 1.73. The van der Waals surface area contributed by atoms with E-state index in [4.69, 9.17) is 0 Å². The average molecular weight is 136 g/mol. The van der Waals surface area contributed by atoms with Crippen LogP contribution in [0.15, 0.2) is 23.8 Å². The molecule has 0 heteroatoms. The van der Waals surface area contributed by atoms with Crippen molar-refractivity contribution in [3.05, 3.63) is 23.8 Å². The minimum Gasteiger partial charge on any atom is -0.0842 e. The summed E-state index contributed by atoms with van der Waals surface area (Å²) in [6.45, 7) is 4.56. The minimum absolute atomic E-state index is 0.796. The first-order valence-electron chi connectivity index (χ1n) is 4.20. The van der Waals surface area contributed by atoms with Crippen molar-refractivity contribution in [2.75, 3.05) is 0 Å². The van der Waals surface area contributed by atoms with Crippen molar-refractivity contribution in [1.29, 1.82) is 0 Å². The van der Waals surface area contributed by atoms with E-state index in [1.54, 1.807) is 5.57 Å². The van der Waals surface area contributed by atoms with Crippen LogP contribution in [0.5, 0.6) is 0 Å². The van der Waals surface area contributed by atoms with E-state index in [9.17, 15) is 0 Å². The second-order valence-electron chi connectivity index (χ2n) is 3.02. The lowest BCUT2D eigenvalue weighted by Crippen LogP contribution is -1.98. The van der Waals surface area contributed by atoms with Crippen molar-refractivity contribution < 1.29 is 0 Å². The Labute approximate surface area is 63.6 Å². The summed E-state index contributed by atoms with van der Waals surface area (Å²) in [6, 6.07) is 0. The van der Waals surface area contributed by atoms with Crippen LogP contribution in [0.4, 0.5) is 0 Å². The van der Waals surface area contributed by atoms with E-state index in [1.165, 1.54) is 19.3 Å². The van der Waals surface area contributed by atoms with Gasteiger partial charge in [-0.05, 0) is 25.2 Å². The van der Waals surface area contributed by atoms with E-state index < -0.39 is 0 Å². The molecule has 0 spiro atoms. The number of hydrogen-bond donors (Lipinski definition) is 0. The molecule has 1 aliphatic carbocycles. The quantitative estimate of drug-likeness (QED) is 0.546. The maximum absolute atomic E-state index is 2.31. The van der Waals surface area contributed by atoms with Gasteiger partial charge in [-0.1, -0.05) is 37.6 Å². The van der Waals surface area contributed by atoms with Crippen molar-refractivity contribution in [2.24, 2.45) is 5.92 Å². The van der Waals surface area contributed by atoms with Gasteiger partial charge in [0.1, 0.15) is 0 Å². The number of hydrogen-bond acceptors (Lipinski definition) is 0. The highest BCUT2D eigenvalue weighted by Gasteiger charge is 2.05. The molecule has 0 aliphatic heterocycles. The molecule has 0 bridgehead atoms. The Morgan fingerprint density at radius 2 is 2.40 bits per heavy atom. The van der Waals surface area contributed by atoms with Gasteiger partial charge in [-0.2, -0.15) is 0 Å². The summed E-state index contributed by atoms with van der Waals surface area (Å²) in [5.41, 5.74) is 1.63. The molecule has 1 rings (SSSR count). The highest BCUT2D eigenvalue weighted by Crippen LogP contribution is 2.22. The SMILES string of the molecule is CC[C@H](C)C1=CC=CCC1. The van der Waals surface area contributed by atoms with Crippen molar-refractivity contribution in [1.82, 2.24) is 0 Å². The Morgan fingerprint density at radius 3 is 2.90 bits per heavy atom. The second kappa shape index (κ2) is 3.60. The molecule has 56 valence electrons. The Kier molecular flexibility index (Phi) is 2.73. The molecule has 0 N–H and O–H groups in total. The number of allylic oxidation sites excluding steroid dienone is 4. The van der Waals surface area contributed by atoms with Gasteiger partial charge in [0.25, 0.3) is 0 Å². The van der Waals surface area contributed by atoms with Gasteiger partial charge in [-0.15, -0.1) is 0 Å². The predicted molar refractivity (Wildman–Crippen MR) is 45.9 cm³/mol. The Morgan fingerprint density at radius 1 is 1.60 bits per heavy atom. The monoisotopic (exact) mass is 136 g/mol. The van der Waals surface area contributed by atoms with E-state index in [0.29, 0.717) is 0 Å². The van der Waals surface area contributed by atoms with Crippen LogP contribution < -0.4 is 0 Å². The summed E-state index contributed by atoms with van der Waals surface area (Å²) in [5.74, 6) is 0.796. The van der Waals surface area contributed by atoms with Crippen molar-refractivity contribution in [2.45, 2.75) is 33.1 Å². The standard InChI is InChI=1S/C10H16/c1-3-9(2)10-7-5-4-6-8-10/h4-5,7,9H,3,6,8H2,1-2H3/t9-/m0/s1. The molecular formula is C10H16. The summed E-state index contributed by atoms with van der Waals surface area (Å²) >= 11 is 0. The van der Waals surface area contributed by atoms with Crippen LogP contribution in [-0.2, 0) is 0 Å². The Bertz CT molecular complexity index is 151. The summed E-state index contributed by atoms with van der Waals surface area (Å²) in [6.07, 6.45) is 10.5. The molecule has 0 fully saturated rings. The Hall–Kier alpha value is -0.520. The van der Waals surface area contributed by atoms with Crippen LogP contribution in [0, 0.1) is 5.92 Å². The second-order valence-corrected chi connectivity index (χ2v) is 3.02. The lowest BCUT2D eigenvalue weighted by atomic mass is 9.92. The van der Waals surface area contributed by atoms with E-state index in [1.807, 2.05) is 0 Å². The first-order valence-corrected chi connectivity index (χ1v) is 4.20. The molecule has 0 saturated carbocycles. The van der Waals surface area contributed by atoms with E-state index in [2.05, 4.69) is 32.1 Å². The lowest BCUT2D eigenvalue weighted by Gasteiger charge is -2.14. The van der Waals surface area contributed by atoms with Crippen molar-refractivity contribution in [3.8, 4) is 0 Å². The number of rotatable bonds is 2. The smallest absolute Gasteiger partial charge is 0.0231 e. The molecule has 0 aromatic carbocycles. The van der Waals surface area contributed by atoms with Gasteiger partial charge in [0, 0.05) is 0 Å². The van der Waals surface area contributed by atoms with Crippen LogP contribution in [0.1, 0.15) is 33.1 Å². The molecule has 0 aromatic rings. The fourth-order valence-electron chi connectivity index (χ4n) is 1.29. The molecule has 0 heterocycles. The van der Waals surface area contributed by atoms with Gasteiger partial charge < -0.3 is 0 Å². The molecule has 0 radical (unpaired) electrons. The fraction of sp³-hybridized carbons (Fsp3) is 0.600. The van der Waals surface area contributed by atoms with Gasteiger partial charge >= 0.3 is 0 Å². The highest BCUT2D eigenvalue weighted by atomic mass is 14.1. The highest BCUT2D eigenvalue weighted by molar-refractivity contribution is 5.19. The van der Waals surface area contributed by atoms with Gasteiger partial charge in [-0.3, -0.25) is 0 Å². The predicted octanol–water partition coefficient (Wildman–Crippen LogP) is 3.31. The Balaban J connectivity index is 2.53. The van der Waals surface area contributed by atoms with Gasteiger partial charge in [0.15, 0.2) is 0 Å². The zero-order chi connectivity index (χ0) is 7.40. The molecule has 10 heavy (non-hydrogen) atoms. The van der Waals surface area contributed by atoms with Crippen LogP contribution in [0.25, 0.3) is 0 Å². The minimum atomic E-state index is 0.796. The molecular weight excluding hydrogens is 120 g/mol. The first kappa shape index (κ1) is 7.59. The van der Waals surface area contributed by atoms with Crippen LogP contribution >= 0.6 is 0 Å². The van der Waals surface area contributed by atoms with Crippen LogP contribution in [0.2, 0.25) is 0 Å². The normalized spacial score (nSPS) is 20.4. The maximum atomic E-state index is 2.31. The van der Waals surface area contributed by atoms with Gasteiger partial charge in [0.05, 0.1) is 0 Å². The van der Waals surface area contributed by atoms with Crippen molar-refractivity contribution >= 4 is 0 Å². The summed E-state index contributed by atoms with van der Waals surface area (Å²) in [7, 11) is 0. The maximum Gasteiger partial charge on any atom is -0.0231 e.